The Kier molecular flexibility index (Phi) is 7.06. The minimum atomic E-state index is -0.287. The smallest absolute Gasteiger partial charge is 0.320 e. The normalized spacial score (nSPS) is 15.2. The number of nitrogens with zero attached hydrogens (tertiary/aromatic N) is 1. The molecule has 0 aliphatic heterocycles. The van der Waals surface area contributed by atoms with Crippen molar-refractivity contribution in [3.63, 3.8) is 0 Å². The Morgan fingerprint density at radius 1 is 1.33 bits per heavy atom. The molecular weight excluding hydrogens is 328 g/mol. The van der Waals surface area contributed by atoms with Gasteiger partial charge in [-0.3, -0.25) is 14.5 Å². The van der Waals surface area contributed by atoms with Crippen LogP contribution in [0, 0.1) is 5.92 Å². The highest BCUT2D eigenvalue weighted by Crippen LogP contribution is 2.29. The van der Waals surface area contributed by atoms with Crippen LogP contribution in [0.1, 0.15) is 38.3 Å². The predicted molar refractivity (Wildman–Crippen MR) is 93.8 cm³/mol. The second kappa shape index (κ2) is 9.04. The van der Waals surface area contributed by atoms with E-state index in [9.17, 15) is 9.59 Å². The van der Waals surface area contributed by atoms with Gasteiger partial charge in [-0.05, 0) is 44.2 Å². The molecule has 1 saturated carbocycles. The van der Waals surface area contributed by atoms with Crippen molar-refractivity contribution in [2.45, 2.75) is 32.7 Å². The molecule has 0 aromatic heterocycles. The first-order chi connectivity index (χ1) is 11.5. The van der Waals surface area contributed by atoms with E-state index >= 15 is 0 Å². The fourth-order valence-corrected chi connectivity index (χ4v) is 2.93. The Hall–Kier alpha value is -1.59. The molecule has 1 atom stereocenters. The van der Waals surface area contributed by atoms with Gasteiger partial charge in [0.15, 0.2) is 0 Å². The maximum atomic E-state index is 12.3. The van der Waals surface area contributed by atoms with Crippen molar-refractivity contribution >= 4 is 23.5 Å². The number of carbonyl (C=O) groups is 2. The molecule has 1 aromatic carbocycles. The van der Waals surface area contributed by atoms with Crippen LogP contribution in [-0.4, -0.2) is 43.0 Å². The summed E-state index contributed by atoms with van der Waals surface area (Å²) < 4.78 is 4.99. The lowest BCUT2D eigenvalue weighted by atomic mass is 10.1. The van der Waals surface area contributed by atoms with Crippen LogP contribution in [0.5, 0.6) is 0 Å². The van der Waals surface area contributed by atoms with Gasteiger partial charge in [0.2, 0.25) is 5.91 Å². The molecule has 1 aromatic rings. The fraction of sp³-hybridized carbons (Fsp3) is 0.556. The number of nitrogens with one attached hydrogen (secondary N) is 1. The number of esters is 1. The number of carbonyl (C=O) groups excluding carboxylic acids is 2. The molecule has 1 amide bonds. The van der Waals surface area contributed by atoms with Gasteiger partial charge in [-0.1, -0.05) is 29.8 Å². The minimum absolute atomic E-state index is 0.118. The number of halogens is 1. The van der Waals surface area contributed by atoms with Crippen molar-refractivity contribution in [1.82, 2.24) is 10.2 Å². The van der Waals surface area contributed by atoms with Crippen LogP contribution in [0.25, 0.3) is 0 Å². The first-order valence-electron chi connectivity index (χ1n) is 8.41. The summed E-state index contributed by atoms with van der Waals surface area (Å²) in [5.41, 5.74) is 0.881. The van der Waals surface area contributed by atoms with Crippen molar-refractivity contribution in [3.05, 3.63) is 34.9 Å². The molecule has 6 heteroatoms. The van der Waals surface area contributed by atoms with Crippen LogP contribution < -0.4 is 5.32 Å². The van der Waals surface area contributed by atoms with E-state index in [4.69, 9.17) is 16.3 Å². The van der Waals surface area contributed by atoms with Gasteiger partial charge in [0.05, 0.1) is 25.7 Å². The van der Waals surface area contributed by atoms with Gasteiger partial charge in [0.25, 0.3) is 0 Å². The molecule has 1 N–H and O–H groups in total. The third-order valence-corrected chi connectivity index (χ3v) is 4.33. The zero-order valence-electron chi connectivity index (χ0n) is 14.3. The van der Waals surface area contributed by atoms with E-state index in [1.165, 1.54) is 0 Å². The Bertz CT molecular complexity index is 575. The topological polar surface area (TPSA) is 58.6 Å². The second-order valence-electron chi connectivity index (χ2n) is 6.23. The van der Waals surface area contributed by atoms with Gasteiger partial charge in [-0.15, -0.1) is 0 Å². The van der Waals surface area contributed by atoms with Gasteiger partial charge in [0.1, 0.15) is 0 Å². The highest BCUT2D eigenvalue weighted by molar-refractivity contribution is 6.31. The predicted octanol–water partition coefficient (Wildman–Crippen LogP) is 2.79. The zero-order valence-corrected chi connectivity index (χ0v) is 15.0. The van der Waals surface area contributed by atoms with Gasteiger partial charge in [0, 0.05) is 11.6 Å². The van der Waals surface area contributed by atoms with Crippen LogP contribution in [0.3, 0.4) is 0 Å². The molecule has 5 nitrogen and oxygen atoms in total. The lowest BCUT2D eigenvalue weighted by molar-refractivity contribution is -0.144. The first-order valence-corrected chi connectivity index (χ1v) is 8.79. The second-order valence-corrected chi connectivity index (χ2v) is 6.64. The average molecular weight is 353 g/mol. The Morgan fingerprint density at radius 3 is 2.67 bits per heavy atom. The number of amides is 1. The van der Waals surface area contributed by atoms with E-state index in [1.54, 1.807) is 13.0 Å². The first kappa shape index (κ1) is 18.7. The minimum Gasteiger partial charge on any atom is -0.465 e. The quantitative estimate of drug-likeness (QED) is 0.694. The standard InChI is InChI=1S/C18H25ClN2O3/c1-3-24-18(23)12-21(10-14-8-9-14)11-17(22)20-13(2)15-6-4-5-7-16(15)19/h4-7,13-14H,3,8-12H2,1-2H3,(H,20,22). The lowest BCUT2D eigenvalue weighted by Gasteiger charge is -2.22. The van der Waals surface area contributed by atoms with Crippen molar-refractivity contribution < 1.29 is 14.3 Å². The molecule has 2 rings (SSSR count). The molecule has 1 unspecified atom stereocenters. The molecule has 0 radical (unpaired) electrons. The molecule has 132 valence electrons. The van der Waals surface area contributed by atoms with Gasteiger partial charge < -0.3 is 10.1 Å². The molecule has 0 heterocycles. The third-order valence-electron chi connectivity index (χ3n) is 3.99. The van der Waals surface area contributed by atoms with Gasteiger partial charge >= 0.3 is 5.97 Å². The molecule has 1 aliphatic carbocycles. The van der Waals surface area contributed by atoms with E-state index in [1.807, 2.05) is 30.0 Å². The lowest BCUT2D eigenvalue weighted by Crippen LogP contribution is -2.42. The summed E-state index contributed by atoms with van der Waals surface area (Å²) in [5, 5.41) is 3.58. The van der Waals surface area contributed by atoms with Crippen molar-refractivity contribution in [2.24, 2.45) is 5.92 Å². The number of benzene rings is 1. The van der Waals surface area contributed by atoms with E-state index < -0.39 is 0 Å². The molecule has 24 heavy (non-hydrogen) atoms. The number of hydrogen-bond donors (Lipinski definition) is 1. The highest BCUT2D eigenvalue weighted by Gasteiger charge is 2.27. The van der Waals surface area contributed by atoms with Crippen LogP contribution in [0.2, 0.25) is 5.02 Å². The fourth-order valence-electron chi connectivity index (χ4n) is 2.63. The van der Waals surface area contributed by atoms with E-state index in [2.05, 4.69) is 5.32 Å². The molecule has 0 bridgehead atoms. The Labute approximate surface area is 148 Å². The van der Waals surface area contributed by atoms with Crippen molar-refractivity contribution in [3.8, 4) is 0 Å². The molecule has 1 aliphatic rings. The highest BCUT2D eigenvalue weighted by atomic mass is 35.5. The number of hydrogen-bond acceptors (Lipinski definition) is 4. The van der Waals surface area contributed by atoms with Gasteiger partial charge in [-0.25, -0.2) is 0 Å². The van der Waals surface area contributed by atoms with E-state index in [0.29, 0.717) is 17.5 Å². The summed E-state index contributed by atoms with van der Waals surface area (Å²) in [6.45, 7) is 5.12. The Balaban J connectivity index is 1.89. The largest absolute Gasteiger partial charge is 0.465 e. The maximum absolute atomic E-state index is 12.3. The molecule has 0 spiro atoms. The third kappa shape index (κ3) is 6.13. The van der Waals surface area contributed by atoms with Crippen LogP contribution in [0.4, 0.5) is 0 Å². The van der Waals surface area contributed by atoms with E-state index in [-0.39, 0.29) is 31.0 Å². The summed E-state index contributed by atoms with van der Waals surface area (Å²) in [5.74, 6) is 0.186. The number of ether oxygens (including phenoxy) is 1. The molecule has 0 saturated heterocycles. The SMILES string of the molecule is CCOC(=O)CN(CC(=O)NC(C)c1ccccc1Cl)CC1CC1. The van der Waals surface area contributed by atoms with Crippen molar-refractivity contribution in [1.29, 1.82) is 0 Å². The van der Waals surface area contributed by atoms with E-state index in [0.717, 1.165) is 24.9 Å². The summed E-state index contributed by atoms with van der Waals surface area (Å²) in [4.78, 5) is 25.9. The monoisotopic (exact) mass is 352 g/mol. The van der Waals surface area contributed by atoms with Crippen molar-refractivity contribution in [2.75, 3.05) is 26.2 Å². The number of rotatable bonds is 9. The summed E-state index contributed by atoms with van der Waals surface area (Å²) in [6, 6.07) is 7.27. The van der Waals surface area contributed by atoms with Gasteiger partial charge in [-0.2, -0.15) is 0 Å². The zero-order chi connectivity index (χ0) is 17.5. The molecule has 1 fully saturated rings. The maximum Gasteiger partial charge on any atom is 0.320 e. The van der Waals surface area contributed by atoms with Crippen LogP contribution >= 0.6 is 11.6 Å². The summed E-state index contributed by atoms with van der Waals surface area (Å²) >= 11 is 6.17. The average Bonchev–Trinajstić information content (AvgIpc) is 3.31. The van der Waals surface area contributed by atoms with Crippen LogP contribution in [-0.2, 0) is 14.3 Å². The molecular formula is C18H25ClN2O3. The summed E-state index contributed by atoms with van der Waals surface area (Å²) in [6.07, 6.45) is 2.33. The Morgan fingerprint density at radius 2 is 2.04 bits per heavy atom. The van der Waals surface area contributed by atoms with Crippen LogP contribution in [0.15, 0.2) is 24.3 Å². The summed E-state index contributed by atoms with van der Waals surface area (Å²) in [7, 11) is 0.